The molecule has 2 aromatic heterocycles. The molecule has 0 bridgehead atoms. The molecule has 0 saturated carbocycles. The Morgan fingerprint density at radius 3 is 2.74 bits per heavy atom. The summed E-state index contributed by atoms with van der Waals surface area (Å²) < 4.78 is 10.9. The molecule has 0 radical (unpaired) electrons. The van der Waals surface area contributed by atoms with E-state index in [1.54, 1.807) is 18.3 Å². The normalized spacial score (nSPS) is 11.9. The van der Waals surface area contributed by atoms with Crippen molar-refractivity contribution in [2.75, 3.05) is 0 Å². The van der Waals surface area contributed by atoms with E-state index in [-0.39, 0.29) is 23.4 Å². The van der Waals surface area contributed by atoms with Gasteiger partial charge in [0.25, 0.3) is 11.6 Å². The van der Waals surface area contributed by atoms with Crippen molar-refractivity contribution in [3.05, 3.63) is 62.7 Å². The van der Waals surface area contributed by atoms with Gasteiger partial charge in [0, 0.05) is 29.0 Å². The predicted molar refractivity (Wildman–Crippen MR) is 98.2 cm³/mol. The minimum Gasteiger partial charge on any atom is -0.453 e. The number of carbonyl (C=O) groups excluding carboxylic acids is 1. The van der Waals surface area contributed by atoms with Gasteiger partial charge in [0.05, 0.1) is 4.92 Å². The quantitative estimate of drug-likeness (QED) is 0.321. The second-order valence-electron chi connectivity index (χ2n) is 5.81. The number of nitro groups is 1. The maximum Gasteiger partial charge on any atom is 0.306 e. The van der Waals surface area contributed by atoms with Crippen molar-refractivity contribution in [2.45, 2.75) is 32.3 Å². The summed E-state index contributed by atoms with van der Waals surface area (Å²) in [6.07, 6.45) is 1.19. The number of aromatic nitrogens is 2. The Morgan fingerprint density at radius 2 is 2.07 bits per heavy atom. The van der Waals surface area contributed by atoms with E-state index in [4.69, 9.17) is 9.15 Å². The summed E-state index contributed by atoms with van der Waals surface area (Å²) in [6, 6.07) is 9.79. The third-order valence-corrected chi connectivity index (χ3v) is 4.74. The Labute approximate surface area is 159 Å². The molecule has 27 heavy (non-hydrogen) atoms. The van der Waals surface area contributed by atoms with Crippen LogP contribution >= 0.6 is 11.3 Å². The number of carbonyl (C=O) groups is 1. The van der Waals surface area contributed by atoms with E-state index in [0.29, 0.717) is 18.4 Å². The van der Waals surface area contributed by atoms with Gasteiger partial charge in [-0.05, 0) is 43.3 Å². The molecule has 1 aromatic carbocycles. The maximum absolute atomic E-state index is 12.0. The molecule has 0 spiro atoms. The second-order valence-corrected chi connectivity index (χ2v) is 6.85. The number of esters is 1. The lowest BCUT2D eigenvalue weighted by atomic mass is 10.2. The molecule has 1 atom stereocenters. The molecule has 3 aromatic rings. The minimum absolute atomic E-state index is 0.0247. The number of thiophene rings is 1. The first-order chi connectivity index (χ1) is 13.0. The summed E-state index contributed by atoms with van der Waals surface area (Å²) in [7, 11) is 0. The first-order valence-corrected chi connectivity index (χ1v) is 9.21. The summed E-state index contributed by atoms with van der Waals surface area (Å²) in [5.41, 5.74) is 0.525. The van der Waals surface area contributed by atoms with Crippen LogP contribution in [0.3, 0.4) is 0 Å². The molecule has 140 valence electrons. The van der Waals surface area contributed by atoms with Crippen molar-refractivity contribution in [3.63, 3.8) is 0 Å². The molecule has 0 saturated heterocycles. The molecule has 3 rings (SSSR count). The number of ether oxygens (including phenoxy) is 1. The fourth-order valence-corrected chi connectivity index (χ4v) is 3.16. The highest BCUT2D eigenvalue weighted by molar-refractivity contribution is 7.09. The highest BCUT2D eigenvalue weighted by Crippen LogP contribution is 2.24. The molecule has 0 amide bonds. The van der Waals surface area contributed by atoms with Crippen molar-refractivity contribution in [2.24, 2.45) is 0 Å². The number of nitrogens with zero attached hydrogens (tertiary/aromatic N) is 3. The lowest BCUT2D eigenvalue weighted by Crippen LogP contribution is -2.09. The number of non-ortho nitro benzene ring substituents is 1. The van der Waals surface area contributed by atoms with E-state index in [9.17, 15) is 14.9 Å². The van der Waals surface area contributed by atoms with E-state index in [2.05, 4.69) is 10.2 Å². The van der Waals surface area contributed by atoms with E-state index in [1.807, 2.05) is 17.5 Å². The van der Waals surface area contributed by atoms with Gasteiger partial charge in [0.15, 0.2) is 6.10 Å². The molecule has 8 nitrogen and oxygen atoms in total. The third kappa shape index (κ3) is 4.98. The van der Waals surface area contributed by atoms with Gasteiger partial charge < -0.3 is 9.15 Å². The monoisotopic (exact) mass is 387 g/mol. The van der Waals surface area contributed by atoms with Crippen LogP contribution in [-0.2, 0) is 16.0 Å². The third-order valence-electron chi connectivity index (χ3n) is 3.81. The Bertz CT molecular complexity index is 905. The number of nitro benzene ring substituents is 1. The van der Waals surface area contributed by atoms with Gasteiger partial charge in [-0.2, -0.15) is 0 Å². The van der Waals surface area contributed by atoms with Gasteiger partial charge >= 0.3 is 5.97 Å². The van der Waals surface area contributed by atoms with Crippen LogP contribution in [-0.4, -0.2) is 21.1 Å². The Kier molecular flexibility index (Phi) is 5.92. The topological polar surface area (TPSA) is 108 Å². The van der Waals surface area contributed by atoms with Crippen LogP contribution in [0.4, 0.5) is 5.69 Å². The van der Waals surface area contributed by atoms with Gasteiger partial charge in [-0.1, -0.05) is 6.07 Å². The van der Waals surface area contributed by atoms with Crippen LogP contribution in [0.1, 0.15) is 36.6 Å². The van der Waals surface area contributed by atoms with Crippen LogP contribution < -0.4 is 0 Å². The van der Waals surface area contributed by atoms with Crippen LogP contribution in [0.25, 0.3) is 11.5 Å². The summed E-state index contributed by atoms with van der Waals surface area (Å²) in [6.45, 7) is 1.66. The zero-order valence-electron chi connectivity index (χ0n) is 14.5. The highest BCUT2D eigenvalue weighted by Gasteiger charge is 2.19. The first kappa shape index (κ1) is 18.7. The second kappa shape index (κ2) is 8.54. The molecule has 9 heteroatoms. The van der Waals surface area contributed by atoms with E-state index in [1.165, 1.54) is 29.1 Å². The smallest absolute Gasteiger partial charge is 0.306 e. The SMILES string of the molecule is C[C@H](OC(=O)CCCc1cccs1)c1nnc(-c2ccc([N+](=O)[O-])cc2)o1. The van der Waals surface area contributed by atoms with Crippen LogP contribution in [0.15, 0.2) is 46.2 Å². The molecule has 0 aliphatic rings. The summed E-state index contributed by atoms with van der Waals surface area (Å²) in [4.78, 5) is 23.4. The van der Waals surface area contributed by atoms with Crippen LogP contribution in [0, 0.1) is 10.1 Å². The minimum atomic E-state index is -0.668. The largest absolute Gasteiger partial charge is 0.453 e. The number of hydrogen-bond acceptors (Lipinski definition) is 8. The number of aryl methyl sites for hydroxylation is 1. The van der Waals surface area contributed by atoms with Gasteiger partial charge in [0.2, 0.25) is 5.89 Å². The van der Waals surface area contributed by atoms with Gasteiger partial charge in [-0.25, -0.2) is 0 Å². The average Bonchev–Trinajstić information content (AvgIpc) is 3.34. The highest BCUT2D eigenvalue weighted by atomic mass is 32.1. The van der Waals surface area contributed by atoms with E-state index in [0.717, 1.165) is 6.42 Å². The van der Waals surface area contributed by atoms with E-state index >= 15 is 0 Å². The lowest BCUT2D eigenvalue weighted by Gasteiger charge is -2.09. The Balaban J connectivity index is 1.53. The van der Waals surface area contributed by atoms with Crippen molar-refractivity contribution >= 4 is 23.0 Å². The number of benzene rings is 1. The molecule has 2 heterocycles. The molecule has 0 N–H and O–H groups in total. The maximum atomic E-state index is 12.0. The zero-order valence-corrected chi connectivity index (χ0v) is 15.3. The summed E-state index contributed by atoms with van der Waals surface area (Å²) >= 11 is 1.67. The summed E-state index contributed by atoms with van der Waals surface area (Å²) in [5.74, 6) is 0.0598. The Morgan fingerprint density at radius 1 is 1.30 bits per heavy atom. The summed E-state index contributed by atoms with van der Waals surface area (Å²) in [5, 5.41) is 20.5. The van der Waals surface area contributed by atoms with Gasteiger partial charge in [-0.15, -0.1) is 21.5 Å². The van der Waals surface area contributed by atoms with E-state index < -0.39 is 11.0 Å². The number of rotatable bonds is 8. The lowest BCUT2D eigenvalue weighted by molar-refractivity contribution is -0.384. The van der Waals surface area contributed by atoms with Crippen LogP contribution in [0.5, 0.6) is 0 Å². The average molecular weight is 387 g/mol. The fraction of sp³-hybridized carbons (Fsp3) is 0.278. The predicted octanol–water partition coefficient (Wildman–Crippen LogP) is 4.33. The van der Waals surface area contributed by atoms with Crippen molar-refractivity contribution in [1.82, 2.24) is 10.2 Å². The zero-order chi connectivity index (χ0) is 19.2. The molecule has 0 unspecified atom stereocenters. The van der Waals surface area contributed by atoms with Gasteiger partial charge in [0.1, 0.15) is 0 Å². The molecular weight excluding hydrogens is 370 g/mol. The first-order valence-electron chi connectivity index (χ1n) is 8.33. The van der Waals surface area contributed by atoms with Crippen molar-refractivity contribution in [1.29, 1.82) is 0 Å². The molecule has 0 aliphatic heterocycles. The standard InChI is InChI=1S/C18H17N3O5S/c1-12(25-16(22)6-2-4-15-5-3-11-27-15)17-19-20-18(26-17)13-7-9-14(10-8-13)21(23)24/h3,5,7-12H,2,4,6H2,1H3/t12-/m0/s1. The van der Waals surface area contributed by atoms with Crippen LogP contribution in [0.2, 0.25) is 0 Å². The molecular formula is C18H17N3O5S. The fourth-order valence-electron chi connectivity index (χ4n) is 2.41. The van der Waals surface area contributed by atoms with Crippen molar-refractivity contribution < 1.29 is 18.9 Å². The molecule has 0 aliphatic carbocycles. The van der Waals surface area contributed by atoms with Gasteiger partial charge in [-0.3, -0.25) is 14.9 Å². The number of hydrogen-bond donors (Lipinski definition) is 0. The molecule has 0 fully saturated rings. The Hall–Kier alpha value is -3.07. The van der Waals surface area contributed by atoms with Crippen molar-refractivity contribution in [3.8, 4) is 11.5 Å².